The van der Waals surface area contributed by atoms with Gasteiger partial charge in [0.1, 0.15) is 0 Å². The summed E-state index contributed by atoms with van der Waals surface area (Å²) >= 11 is 0. The summed E-state index contributed by atoms with van der Waals surface area (Å²) in [5.41, 5.74) is 1.11. The number of likely N-dealkylation sites (tertiary alicyclic amines) is 1. The van der Waals surface area contributed by atoms with Crippen LogP contribution in [0.25, 0.3) is 0 Å². The molecule has 0 radical (unpaired) electrons. The lowest BCUT2D eigenvalue weighted by Gasteiger charge is -2.23. The summed E-state index contributed by atoms with van der Waals surface area (Å²) < 4.78 is 0. The molecule has 1 saturated carbocycles. The van der Waals surface area contributed by atoms with Gasteiger partial charge >= 0.3 is 5.97 Å². The Kier molecular flexibility index (Phi) is 3.64. The van der Waals surface area contributed by atoms with Crippen molar-refractivity contribution in [2.24, 2.45) is 11.3 Å². The van der Waals surface area contributed by atoms with Gasteiger partial charge in [0.15, 0.2) is 0 Å². The third-order valence-electron chi connectivity index (χ3n) is 5.38. The summed E-state index contributed by atoms with van der Waals surface area (Å²) in [6.45, 7) is 3.67. The molecule has 1 N–H and O–H groups in total. The standard InChI is InChI=1S/C16H20N2O4/c1-11-12(4-2-6-14(11)18(21)22)8-17-9-13-5-3-7-16(13,10-17)15(19)20/h2,4,6,13H,3,5,7-10H2,1H3,(H,19,20)/t13-,16+/m0/s1. The summed E-state index contributed by atoms with van der Waals surface area (Å²) in [5, 5.41) is 20.6. The van der Waals surface area contributed by atoms with E-state index in [0.29, 0.717) is 18.7 Å². The van der Waals surface area contributed by atoms with Gasteiger partial charge in [-0.3, -0.25) is 19.8 Å². The van der Waals surface area contributed by atoms with Crippen molar-refractivity contribution in [1.82, 2.24) is 4.90 Å². The van der Waals surface area contributed by atoms with Gasteiger partial charge in [-0.2, -0.15) is 0 Å². The lowest BCUT2D eigenvalue weighted by atomic mass is 9.81. The maximum Gasteiger partial charge on any atom is 0.311 e. The molecule has 1 aromatic carbocycles. The Hall–Kier alpha value is -1.95. The number of carboxylic acid groups (broad SMARTS) is 1. The average molecular weight is 304 g/mol. The molecular weight excluding hydrogens is 284 g/mol. The van der Waals surface area contributed by atoms with Crippen LogP contribution in [0.1, 0.15) is 30.4 Å². The molecule has 118 valence electrons. The van der Waals surface area contributed by atoms with E-state index in [9.17, 15) is 20.0 Å². The zero-order valence-corrected chi connectivity index (χ0v) is 12.6. The average Bonchev–Trinajstić information content (AvgIpc) is 2.98. The Morgan fingerprint density at radius 3 is 2.95 bits per heavy atom. The molecule has 0 spiro atoms. The second-order valence-electron chi connectivity index (χ2n) is 6.54. The summed E-state index contributed by atoms with van der Waals surface area (Å²) in [5.74, 6) is -0.475. The largest absolute Gasteiger partial charge is 0.481 e. The highest BCUT2D eigenvalue weighted by molar-refractivity contribution is 5.76. The van der Waals surface area contributed by atoms with E-state index in [1.54, 1.807) is 13.0 Å². The van der Waals surface area contributed by atoms with Gasteiger partial charge in [-0.1, -0.05) is 18.6 Å². The van der Waals surface area contributed by atoms with Crippen LogP contribution in [-0.2, 0) is 11.3 Å². The van der Waals surface area contributed by atoms with Crippen LogP contribution >= 0.6 is 0 Å². The normalized spacial score (nSPS) is 27.8. The molecule has 1 aliphatic heterocycles. The van der Waals surface area contributed by atoms with E-state index in [2.05, 4.69) is 4.90 Å². The number of fused-ring (bicyclic) bond motifs is 1. The SMILES string of the molecule is Cc1c(CN2C[C@@H]3CCC[C@@]3(C(=O)O)C2)cccc1[N+](=O)[O-]. The Labute approximate surface area is 128 Å². The molecule has 0 bridgehead atoms. The summed E-state index contributed by atoms with van der Waals surface area (Å²) in [6, 6.07) is 5.10. The number of nitrogens with zero attached hydrogens (tertiary/aromatic N) is 2. The molecule has 1 saturated heterocycles. The Morgan fingerprint density at radius 1 is 1.55 bits per heavy atom. The highest BCUT2D eigenvalue weighted by atomic mass is 16.6. The monoisotopic (exact) mass is 304 g/mol. The van der Waals surface area contributed by atoms with Gasteiger partial charge in [-0.05, 0) is 31.2 Å². The van der Waals surface area contributed by atoms with Gasteiger partial charge in [-0.15, -0.1) is 0 Å². The third kappa shape index (κ3) is 2.27. The fourth-order valence-corrected chi connectivity index (χ4v) is 4.14. The van der Waals surface area contributed by atoms with Crippen LogP contribution in [-0.4, -0.2) is 34.0 Å². The molecular formula is C16H20N2O4. The zero-order valence-electron chi connectivity index (χ0n) is 12.6. The molecule has 1 aliphatic carbocycles. The number of hydrogen-bond donors (Lipinski definition) is 1. The minimum atomic E-state index is -0.687. The number of nitro benzene ring substituents is 1. The van der Waals surface area contributed by atoms with Gasteiger partial charge in [-0.25, -0.2) is 0 Å². The maximum absolute atomic E-state index is 11.7. The minimum absolute atomic E-state index is 0.129. The molecule has 1 heterocycles. The van der Waals surface area contributed by atoms with Crippen LogP contribution in [0.3, 0.4) is 0 Å². The second-order valence-corrected chi connectivity index (χ2v) is 6.54. The van der Waals surface area contributed by atoms with E-state index < -0.39 is 11.4 Å². The van der Waals surface area contributed by atoms with Crippen molar-refractivity contribution >= 4 is 11.7 Å². The van der Waals surface area contributed by atoms with Gasteiger partial charge in [0.05, 0.1) is 10.3 Å². The maximum atomic E-state index is 11.7. The second kappa shape index (κ2) is 5.35. The molecule has 3 rings (SSSR count). The van der Waals surface area contributed by atoms with Gasteiger partial charge in [0, 0.05) is 31.3 Å². The third-order valence-corrected chi connectivity index (χ3v) is 5.38. The predicted octanol–water partition coefficient (Wildman–Crippen LogP) is 2.59. The Bertz CT molecular complexity index is 631. The minimum Gasteiger partial charge on any atom is -0.481 e. The molecule has 6 heteroatoms. The molecule has 2 atom stereocenters. The number of rotatable bonds is 4. The van der Waals surface area contributed by atoms with Crippen molar-refractivity contribution in [2.75, 3.05) is 13.1 Å². The highest BCUT2D eigenvalue weighted by Gasteiger charge is 2.54. The smallest absolute Gasteiger partial charge is 0.311 e. The molecule has 2 fully saturated rings. The molecule has 6 nitrogen and oxygen atoms in total. The van der Waals surface area contributed by atoms with Crippen molar-refractivity contribution < 1.29 is 14.8 Å². The van der Waals surface area contributed by atoms with E-state index in [4.69, 9.17) is 0 Å². The Balaban J connectivity index is 1.80. The first-order chi connectivity index (χ1) is 10.4. The van der Waals surface area contributed by atoms with Crippen molar-refractivity contribution in [3.05, 3.63) is 39.4 Å². The number of benzene rings is 1. The predicted molar refractivity (Wildman–Crippen MR) is 80.5 cm³/mol. The molecule has 22 heavy (non-hydrogen) atoms. The molecule has 0 unspecified atom stereocenters. The van der Waals surface area contributed by atoms with Gasteiger partial charge < -0.3 is 5.11 Å². The number of carboxylic acids is 1. The molecule has 1 aromatic rings. The zero-order chi connectivity index (χ0) is 15.9. The molecule has 0 aromatic heterocycles. The summed E-state index contributed by atoms with van der Waals surface area (Å²) in [4.78, 5) is 24.5. The van der Waals surface area contributed by atoms with Gasteiger partial charge in [0.25, 0.3) is 5.69 Å². The first-order valence-electron chi connectivity index (χ1n) is 7.63. The van der Waals surface area contributed by atoms with E-state index in [1.807, 2.05) is 6.07 Å². The number of carbonyl (C=O) groups is 1. The van der Waals surface area contributed by atoms with Gasteiger partial charge in [0.2, 0.25) is 0 Å². The first-order valence-corrected chi connectivity index (χ1v) is 7.63. The topological polar surface area (TPSA) is 83.7 Å². The Morgan fingerprint density at radius 2 is 2.32 bits per heavy atom. The highest BCUT2D eigenvalue weighted by Crippen LogP contribution is 2.49. The van der Waals surface area contributed by atoms with Crippen LogP contribution < -0.4 is 0 Å². The van der Waals surface area contributed by atoms with Crippen LogP contribution in [0.5, 0.6) is 0 Å². The molecule has 0 amide bonds. The lowest BCUT2D eigenvalue weighted by Crippen LogP contribution is -2.35. The quantitative estimate of drug-likeness (QED) is 0.682. The van der Waals surface area contributed by atoms with Crippen LogP contribution in [0.2, 0.25) is 0 Å². The number of aliphatic carboxylic acids is 1. The summed E-state index contributed by atoms with van der Waals surface area (Å²) in [7, 11) is 0. The van der Waals surface area contributed by atoms with E-state index in [1.165, 1.54) is 6.07 Å². The van der Waals surface area contributed by atoms with E-state index >= 15 is 0 Å². The number of hydrogen-bond acceptors (Lipinski definition) is 4. The number of nitro groups is 1. The van der Waals surface area contributed by atoms with Crippen LogP contribution in [0.15, 0.2) is 18.2 Å². The van der Waals surface area contributed by atoms with Crippen LogP contribution in [0.4, 0.5) is 5.69 Å². The first kappa shape index (κ1) is 15.0. The van der Waals surface area contributed by atoms with Crippen molar-refractivity contribution in [3.63, 3.8) is 0 Å². The molecule has 2 aliphatic rings. The van der Waals surface area contributed by atoms with E-state index in [0.717, 1.165) is 31.4 Å². The lowest BCUT2D eigenvalue weighted by molar-refractivity contribution is -0.385. The fraction of sp³-hybridized carbons (Fsp3) is 0.562. The van der Waals surface area contributed by atoms with Crippen molar-refractivity contribution in [1.29, 1.82) is 0 Å². The van der Waals surface area contributed by atoms with Crippen molar-refractivity contribution in [2.45, 2.75) is 32.7 Å². The van der Waals surface area contributed by atoms with E-state index in [-0.39, 0.29) is 16.5 Å². The fourth-order valence-electron chi connectivity index (χ4n) is 4.14. The van der Waals surface area contributed by atoms with Crippen LogP contribution in [0, 0.1) is 28.4 Å². The van der Waals surface area contributed by atoms with Crippen molar-refractivity contribution in [3.8, 4) is 0 Å². The summed E-state index contributed by atoms with van der Waals surface area (Å²) in [6.07, 6.45) is 2.70.